The molecule has 0 saturated heterocycles. The van der Waals surface area contributed by atoms with Gasteiger partial charge in [-0.2, -0.15) is 0 Å². The van der Waals surface area contributed by atoms with Crippen LogP contribution in [-0.2, 0) is 14.0 Å². The largest absolute Gasteiger partial charge is 0.458 e. The van der Waals surface area contributed by atoms with E-state index in [9.17, 15) is 9.59 Å². The Morgan fingerprint density at radius 2 is 1.37 bits per heavy atom. The first-order valence-electron chi connectivity index (χ1n) is 11.9. The van der Waals surface area contributed by atoms with E-state index in [1.54, 1.807) is 12.1 Å². The molecule has 3 rings (SSSR count). The molecule has 0 spiro atoms. The summed E-state index contributed by atoms with van der Waals surface area (Å²) in [7, 11) is -2.65. The summed E-state index contributed by atoms with van der Waals surface area (Å²) < 4.78 is 12.5. The van der Waals surface area contributed by atoms with Crippen LogP contribution in [0.5, 0.6) is 0 Å². The van der Waals surface area contributed by atoms with Gasteiger partial charge in [-0.3, -0.25) is 9.59 Å². The van der Waals surface area contributed by atoms with Crippen molar-refractivity contribution in [3.63, 3.8) is 0 Å². The van der Waals surface area contributed by atoms with Crippen LogP contribution in [0, 0.1) is 0 Å². The molecule has 0 amide bonds. The molecule has 0 aliphatic heterocycles. The van der Waals surface area contributed by atoms with Crippen LogP contribution in [0.3, 0.4) is 0 Å². The second-order valence-electron chi connectivity index (χ2n) is 9.59. The van der Waals surface area contributed by atoms with Crippen molar-refractivity contribution >= 4 is 37.0 Å². The number of ether oxygens (including phenoxy) is 1. The van der Waals surface area contributed by atoms with Crippen molar-refractivity contribution in [2.75, 3.05) is 6.61 Å². The molecule has 0 heterocycles. The first-order chi connectivity index (χ1) is 16.8. The molecule has 5 heteroatoms. The monoisotopic (exact) mass is 486 g/mol. The number of hydrogen-bond acceptors (Lipinski definition) is 4. The Morgan fingerprint density at radius 3 is 1.83 bits per heavy atom. The molecule has 0 N–H and O–H groups in total. The number of benzene rings is 3. The van der Waals surface area contributed by atoms with E-state index in [0.717, 1.165) is 11.8 Å². The highest BCUT2D eigenvalue weighted by molar-refractivity contribution is 6.99. The average Bonchev–Trinajstić information content (AvgIpc) is 2.85. The van der Waals surface area contributed by atoms with Crippen LogP contribution >= 0.6 is 0 Å². The van der Waals surface area contributed by atoms with Gasteiger partial charge in [0, 0.05) is 25.5 Å². The van der Waals surface area contributed by atoms with Crippen molar-refractivity contribution < 1.29 is 18.8 Å². The van der Waals surface area contributed by atoms with Crippen molar-refractivity contribution in [2.24, 2.45) is 0 Å². The van der Waals surface area contributed by atoms with Crippen molar-refractivity contribution in [3.8, 4) is 0 Å². The lowest BCUT2D eigenvalue weighted by atomic mass is 10.1. The maximum absolute atomic E-state index is 11.8. The van der Waals surface area contributed by atoms with E-state index in [2.05, 4.69) is 69.3 Å². The van der Waals surface area contributed by atoms with Gasteiger partial charge in [0.2, 0.25) is 0 Å². The van der Waals surface area contributed by atoms with Gasteiger partial charge in [0.1, 0.15) is 12.4 Å². The maximum Gasteiger partial charge on any atom is 0.303 e. The third-order valence-electron chi connectivity index (χ3n) is 6.03. The Bertz CT molecular complexity index is 1080. The minimum Gasteiger partial charge on any atom is -0.458 e. The number of rotatable bonds is 10. The first kappa shape index (κ1) is 26.3. The number of carbonyl (C=O) groups excluding carboxylic acids is 2. The van der Waals surface area contributed by atoms with E-state index in [1.807, 2.05) is 36.4 Å². The summed E-state index contributed by atoms with van der Waals surface area (Å²) in [5.41, 5.74) is 1.55. The molecule has 0 aromatic heterocycles. The molecule has 0 radical (unpaired) electrons. The lowest BCUT2D eigenvalue weighted by Gasteiger charge is -2.43. The SMILES string of the molecule is CC(=O)OC(/C=C/c1ccc(C=O)cc1)CCO[Si](c1ccccc1)(c1ccccc1)C(C)(C)C. The van der Waals surface area contributed by atoms with Crippen molar-refractivity contribution in [1.29, 1.82) is 0 Å². The van der Waals surface area contributed by atoms with Gasteiger partial charge in [-0.15, -0.1) is 0 Å². The summed E-state index contributed by atoms with van der Waals surface area (Å²) in [6.45, 7) is 8.59. The minimum atomic E-state index is -2.65. The third-order valence-corrected chi connectivity index (χ3v) is 11.1. The summed E-state index contributed by atoms with van der Waals surface area (Å²) in [5.74, 6) is -0.332. The van der Waals surface area contributed by atoms with E-state index in [0.29, 0.717) is 18.6 Å². The predicted molar refractivity (Wildman–Crippen MR) is 145 cm³/mol. The molecule has 3 aromatic rings. The Kier molecular flexibility index (Phi) is 8.96. The second-order valence-corrected chi connectivity index (χ2v) is 13.9. The lowest BCUT2D eigenvalue weighted by Crippen LogP contribution is -2.66. The molecular weight excluding hydrogens is 452 g/mol. The molecule has 0 aliphatic carbocycles. The topological polar surface area (TPSA) is 52.6 Å². The Balaban J connectivity index is 1.86. The zero-order valence-corrected chi connectivity index (χ0v) is 21.9. The van der Waals surface area contributed by atoms with Gasteiger partial charge in [0.15, 0.2) is 0 Å². The van der Waals surface area contributed by atoms with Crippen molar-refractivity contribution in [1.82, 2.24) is 0 Å². The van der Waals surface area contributed by atoms with E-state index >= 15 is 0 Å². The van der Waals surface area contributed by atoms with Gasteiger partial charge < -0.3 is 9.16 Å². The van der Waals surface area contributed by atoms with Gasteiger partial charge in [0.05, 0.1) is 0 Å². The van der Waals surface area contributed by atoms with E-state index in [1.165, 1.54) is 17.3 Å². The molecule has 182 valence electrons. The van der Waals surface area contributed by atoms with Crippen LogP contribution in [0.25, 0.3) is 6.08 Å². The minimum absolute atomic E-state index is 0.122. The quantitative estimate of drug-likeness (QED) is 0.218. The highest BCUT2D eigenvalue weighted by atomic mass is 28.4. The second kappa shape index (κ2) is 11.9. The summed E-state index contributed by atoms with van der Waals surface area (Å²) >= 11 is 0. The van der Waals surface area contributed by atoms with Gasteiger partial charge in [0.25, 0.3) is 8.32 Å². The normalized spacial score (nSPS) is 12.9. The van der Waals surface area contributed by atoms with E-state index in [4.69, 9.17) is 9.16 Å². The van der Waals surface area contributed by atoms with Gasteiger partial charge in [-0.05, 0) is 27.1 Å². The van der Waals surface area contributed by atoms with Gasteiger partial charge >= 0.3 is 5.97 Å². The molecule has 0 fully saturated rings. The fourth-order valence-corrected chi connectivity index (χ4v) is 8.98. The van der Waals surface area contributed by atoms with Crippen LogP contribution < -0.4 is 10.4 Å². The molecule has 0 aliphatic rings. The smallest absolute Gasteiger partial charge is 0.303 e. The molecule has 3 aromatic carbocycles. The molecule has 0 bridgehead atoms. The van der Waals surface area contributed by atoms with Crippen LogP contribution in [0.2, 0.25) is 5.04 Å². The summed E-state index contributed by atoms with van der Waals surface area (Å²) in [4.78, 5) is 22.7. The summed E-state index contributed by atoms with van der Waals surface area (Å²) in [6.07, 6.45) is 4.72. The summed E-state index contributed by atoms with van der Waals surface area (Å²) in [6, 6.07) is 28.2. The molecule has 1 unspecified atom stereocenters. The molecule has 4 nitrogen and oxygen atoms in total. The first-order valence-corrected chi connectivity index (χ1v) is 13.8. The third kappa shape index (κ3) is 6.65. The van der Waals surface area contributed by atoms with Crippen LogP contribution in [0.15, 0.2) is 91.0 Å². The van der Waals surface area contributed by atoms with Crippen molar-refractivity contribution in [2.45, 2.75) is 45.3 Å². The fraction of sp³-hybridized carbons (Fsp3) is 0.267. The fourth-order valence-electron chi connectivity index (χ4n) is 4.40. The molecule has 0 saturated carbocycles. The number of esters is 1. The van der Waals surface area contributed by atoms with Gasteiger partial charge in [-0.1, -0.05) is 112 Å². The standard InChI is InChI=1S/C30H34O4Si/c1-24(32)34-27(20-19-25-15-17-26(23-31)18-16-25)21-22-33-35(30(2,3)4,28-11-7-5-8-12-28)29-13-9-6-10-14-29/h5-20,23,27H,21-22H2,1-4H3/b20-19+. The lowest BCUT2D eigenvalue weighted by molar-refractivity contribution is -0.144. The van der Waals surface area contributed by atoms with Crippen LogP contribution in [0.1, 0.15) is 50.0 Å². The predicted octanol–water partition coefficient (Wildman–Crippen LogP) is 5.41. The molecule has 35 heavy (non-hydrogen) atoms. The highest BCUT2D eigenvalue weighted by Gasteiger charge is 2.50. The van der Waals surface area contributed by atoms with Gasteiger partial charge in [-0.25, -0.2) is 0 Å². The zero-order chi connectivity index (χ0) is 25.3. The molecular formula is C30H34O4Si. The molecule has 1 atom stereocenters. The van der Waals surface area contributed by atoms with Crippen LogP contribution in [0.4, 0.5) is 0 Å². The Morgan fingerprint density at radius 1 is 0.857 bits per heavy atom. The zero-order valence-electron chi connectivity index (χ0n) is 20.9. The van der Waals surface area contributed by atoms with E-state index in [-0.39, 0.29) is 11.0 Å². The Labute approximate surface area is 209 Å². The highest BCUT2D eigenvalue weighted by Crippen LogP contribution is 2.36. The number of hydrogen-bond donors (Lipinski definition) is 0. The van der Waals surface area contributed by atoms with E-state index < -0.39 is 14.4 Å². The number of aldehydes is 1. The summed E-state index contributed by atoms with van der Waals surface area (Å²) in [5, 5.41) is 2.31. The maximum atomic E-state index is 11.8. The number of carbonyl (C=O) groups is 2. The average molecular weight is 487 g/mol. The Hall–Kier alpha value is -3.28. The van der Waals surface area contributed by atoms with Crippen LogP contribution in [-0.4, -0.2) is 33.3 Å². The van der Waals surface area contributed by atoms with Crippen molar-refractivity contribution in [3.05, 3.63) is 102 Å².